The lowest BCUT2D eigenvalue weighted by Gasteiger charge is -2.17. The van der Waals surface area contributed by atoms with Crippen LogP contribution >= 0.6 is 11.3 Å². The molecule has 0 spiro atoms. The molecule has 0 radical (unpaired) electrons. The number of hydrogen-bond acceptors (Lipinski definition) is 9. The molecule has 12 heteroatoms. The standard InChI is InChI=1S/C28H19F2N5O4S/c1-14(26-21(15-4-2-5-17(29)8-15)25(37)22-19(30)6-3-7-20(22)39-26)35-28-23(27(31)32-12-33-28)24(34-35)16-9-18(40-11-16)10-38-13-36/h2-9,11-14H,10H2,1H3,(H2,31,32,33). The number of benzene rings is 2. The number of anilines is 1. The number of ether oxygens (including phenoxy) is 1. The zero-order valence-corrected chi connectivity index (χ0v) is 21.6. The van der Waals surface area contributed by atoms with E-state index in [9.17, 15) is 18.4 Å². The number of thiophene rings is 1. The van der Waals surface area contributed by atoms with Gasteiger partial charge in [-0.15, -0.1) is 11.3 Å². The third-order valence-corrected chi connectivity index (χ3v) is 7.40. The molecule has 0 saturated heterocycles. The van der Waals surface area contributed by atoms with Gasteiger partial charge in [-0.2, -0.15) is 5.10 Å². The van der Waals surface area contributed by atoms with Gasteiger partial charge in [-0.3, -0.25) is 9.59 Å². The van der Waals surface area contributed by atoms with Gasteiger partial charge in [0.05, 0.1) is 10.9 Å². The smallest absolute Gasteiger partial charge is 0.293 e. The molecule has 0 aliphatic heterocycles. The number of nitrogen functional groups attached to an aromatic ring is 1. The molecule has 200 valence electrons. The number of carbonyl (C=O) groups excluding carboxylic acids is 1. The Labute approximate surface area is 228 Å². The SMILES string of the molecule is CC(c1oc2cccc(F)c2c(=O)c1-c1cccc(F)c1)n1nc(-c2csc(COC=O)c2)c2c(N)ncnc21. The number of fused-ring (bicyclic) bond motifs is 2. The molecule has 4 aromatic heterocycles. The van der Waals surface area contributed by atoms with Crippen molar-refractivity contribution in [2.24, 2.45) is 0 Å². The summed E-state index contributed by atoms with van der Waals surface area (Å²) in [5.41, 5.74) is 7.40. The Morgan fingerprint density at radius 1 is 1.12 bits per heavy atom. The molecular weight excluding hydrogens is 540 g/mol. The first kappa shape index (κ1) is 25.3. The van der Waals surface area contributed by atoms with Crippen LogP contribution in [0.25, 0.3) is 44.4 Å². The lowest BCUT2D eigenvalue weighted by atomic mass is 9.99. The quantitative estimate of drug-likeness (QED) is 0.255. The summed E-state index contributed by atoms with van der Waals surface area (Å²) in [7, 11) is 0. The van der Waals surface area contributed by atoms with Gasteiger partial charge in [0.15, 0.2) is 5.65 Å². The molecule has 6 aromatic rings. The van der Waals surface area contributed by atoms with Gasteiger partial charge < -0.3 is 14.9 Å². The van der Waals surface area contributed by atoms with Crippen LogP contribution in [-0.4, -0.2) is 26.2 Å². The summed E-state index contributed by atoms with van der Waals surface area (Å²) in [5, 5.41) is 6.86. The van der Waals surface area contributed by atoms with Crippen molar-refractivity contribution >= 4 is 45.6 Å². The van der Waals surface area contributed by atoms with Gasteiger partial charge in [-0.1, -0.05) is 18.2 Å². The molecule has 4 heterocycles. The van der Waals surface area contributed by atoms with E-state index in [1.807, 2.05) is 11.4 Å². The van der Waals surface area contributed by atoms with Crippen LogP contribution in [0.5, 0.6) is 0 Å². The highest BCUT2D eigenvalue weighted by atomic mass is 32.1. The van der Waals surface area contributed by atoms with Crippen LogP contribution in [-0.2, 0) is 16.1 Å². The first-order chi connectivity index (χ1) is 19.4. The van der Waals surface area contributed by atoms with Crippen molar-refractivity contribution in [1.29, 1.82) is 0 Å². The van der Waals surface area contributed by atoms with Gasteiger partial charge in [-0.25, -0.2) is 23.4 Å². The van der Waals surface area contributed by atoms with Gasteiger partial charge in [0, 0.05) is 15.8 Å². The summed E-state index contributed by atoms with van der Waals surface area (Å²) in [6, 6.07) is 10.6. The van der Waals surface area contributed by atoms with Gasteiger partial charge in [0.1, 0.15) is 58.9 Å². The van der Waals surface area contributed by atoms with Crippen LogP contribution in [0.15, 0.2) is 69.5 Å². The summed E-state index contributed by atoms with van der Waals surface area (Å²) in [4.78, 5) is 33.7. The number of nitrogens with two attached hydrogens (primary N) is 1. The van der Waals surface area contributed by atoms with Crippen LogP contribution in [0.4, 0.5) is 14.6 Å². The second-order valence-corrected chi connectivity index (χ2v) is 9.93. The second-order valence-electron chi connectivity index (χ2n) is 8.93. The van der Waals surface area contributed by atoms with E-state index >= 15 is 0 Å². The predicted octanol–water partition coefficient (Wildman–Crippen LogP) is 5.47. The van der Waals surface area contributed by atoms with Crippen molar-refractivity contribution in [3.05, 3.63) is 92.7 Å². The fourth-order valence-electron chi connectivity index (χ4n) is 4.70. The second kappa shape index (κ2) is 9.97. The lowest BCUT2D eigenvalue weighted by molar-refractivity contribution is -0.129. The molecular formula is C28H19F2N5O4S. The minimum atomic E-state index is -0.777. The van der Waals surface area contributed by atoms with Crippen LogP contribution in [0.2, 0.25) is 0 Å². The Bertz CT molecular complexity index is 1980. The van der Waals surface area contributed by atoms with E-state index in [-0.39, 0.29) is 40.3 Å². The molecule has 1 unspecified atom stereocenters. The molecule has 0 aliphatic rings. The monoisotopic (exact) mass is 559 g/mol. The van der Waals surface area contributed by atoms with Crippen LogP contribution in [0, 0.1) is 11.6 Å². The summed E-state index contributed by atoms with van der Waals surface area (Å²) in [5.74, 6) is -1.000. The predicted molar refractivity (Wildman–Crippen MR) is 146 cm³/mol. The highest BCUT2D eigenvalue weighted by Crippen LogP contribution is 2.37. The molecule has 9 nitrogen and oxygen atoms in total. The molecule has 0 saturated carbocycles. The maximum Gasteiger partial charge on any atom is 0.293 e. The van der Waals surface area contributed by atoms with E-state index < -0.39 is 23.1 Å². The summed E-state index contributed by atoms with van der Waals surface area (Å²) < 4.78 is 41.6. The average molecular weight is 560 g/mol. The van der Waals surface area contributed by atoms with E-state index in [0.29, 0.717) is 28.8 Å². The number of halogens is 2. The van der Waals surface area contributed by atoms with Gasteiger partial charge in [0.2, 0.25) is 5.43 Å². The molecule has 0 bridgehead atoms. The van der Waals surface area contributed by atoms with Crippen molar-refractivity contribution in [2.75, 3.05) is 5.73 Å². The van der Waals surface area contributed by atoms with Gasteiger partial charge in [-0.05, 0) is 42.8 Å². The molecule has 1 atom stereocenters. The minimum Gasteiger partial charge on any atom is -0.462 e. The molecule has 2 N–H and O–H groups in total. The van der Waals surface area contributed by atoms with E-state index in [1.165, 1.54) is 58.7 Å². The largest absolute Gasteiger partial charge is 0.462 e. The maximum absolute atomic E-state index is 14.8. The first-order valence-electron chi connectivity index (χ1n) is 12.0. The highest BCUT2D eigenvalue weighted by Gasteiger charge is 2.28. The zero-order valence-electron chi connectivity index (χ0n) is 20.8. The molecule has 40 heavy (non-hydrogen) atoms. The van der Waals surface area contributed by atoms with E-state index in [4.69, 9.17) is 20.0 Å². The average Bonchev–Trinajstić information content (AvgIpc) is 3.57. The molecule has 0 aliphatic carbocycles. The van der Waals surface area contributed by atoms with Crippen molar-refractivity contribution in [1.82, 2.24) is 19.7 Å². The van der Waals surface area contributed by atoms with Crippen molar-refractivity contribution in [3.8, 4) is 22.4 Å². The molecule has 0 amide bonds. The van der Waals surface area contributed by atoms with Crippen molar-refractivity contribution < 1.29 is 22.7 Å². The van der Waals surface area contributed by atoms with E-state index in [1.54, 1.807) is 13.0 Å². The Morgan fingerprint density at radius 2 is 1.95 bits per heavy atom. The van der Waals surface area contributed by atoms with Gasteiger partial charge >= 0.3 is 0 Å². The summed E-state index contributed by atoms with van der Waals surface area (Å²) in [6.07, 6.45) is 1.29. The van der Waals surface area contributed by atoms with Crippen LogP contribution in [0.1, 0.15) is 23.6 Å². The van der Waals surface area contributed by atoms with E-state index in [0.717, 1.165) is 4.88 Å². The third-order valence-electron chi connectivity index (χ3n) is 6.49. The van der Waals surface area contributed by atoms with Crippen molar-refractivity contribution in [3.63, 3.8) is 0 Å². The Kier molecular flexibility index (Phi) is 6.31. The fraction of sp³-hybridized carbons (Fsp3) is 0.107. The van der Waals surface area contributed by atoms with Crippen LogP contribution in [0.3, 0.4) is 0 Å². The summed E-state index contributed by atoms with van der Waals surface area (Å²) >= 11 is 1.37. The number of carbonyl (C=O) groups is 1. The number of rotatable bonds is 7. The number of aromatic nitrogens is 4. The first-order valence-corrected chi connectivity index (χ1v) is 12.9. The normalized spacial score (nSPS) is 12.2. The Morgan fingerprint density at radius 3 is 2.75 bits per heavy atom. The van der Waals surface area contributed by atoms with Crippen LogP contribution < -0.4 is 11.2 Å². The zero-order chi connectivity index (χ0) is 28.0. The summed E-state index contributed by atoms with van der Waals surface area (Å²) in [6.45, 7) is 2.21. The lowest BCUT2D eigenvalue weighted by Crippen LogP contribution is -2.17. The molecule has 6 rings (SSSR count). The number of nitrogens with zero attached hydrogens (tertiary/aromatic N) is 4. The topological polar surface area (TPSA) is 126 Å². The minimum absolute atomic E-state index is 0.000611. The third kappa shape index (κ3) is 4.18. The van der Waals surface area contributed by atoms with Gasteiger partial charge in [0.25, 0.3) is 6.47 Å². The highest BCUT2D eigenvalue weighted by molar-refractivity contribution is 7.10. The number of hydrogen-bond donors (Lipinski definition) is 1. The molecule has 0 fully saturated rings. The van der Waals surface area contributed by atoms with Crippen molar-refractivity contribution in [2.45, 2.75) is 19.6 Å². The molecule has 2 aromatic carbocycles. The maximum atomic E-state index is 14.8. The van der Waals surface area contributed by atoms with E-state index in [2.05, 4.69) is 9.97 Å². The Hall–Kier alpha value is -4.97. The Balaban J connectivity index is 1.60. The fourth-order valence-corrected chi connectivity index (χ4v) is 5.49.